The van der Waals surface area contributed by atoms with Crippen LogP contribution in [0.4, 0.5) is 24.5 Å². The molecule has 0 amide bonds. The summed E-state index contributed by atoms with van der Waals surface area (Å²) in [6.45, 7) is 1.21. The van der Waals surface area contributed by atoms with E-state index in [-0.39, 0.29) is 38.0 Å². The van der Waals surface area contributed by atoms with Gasteiger partial charge in [0.25, 0.3) is 11.2 Å². The number of hydrogen-bond acceptors (Lipinski definition) is 10. The summed E-state index contributed by atoms with van der Waals surface area (Å²) < 4.78 is 54.3. The minimum atomic E-state index is -5.06. The minimum absolute atomic E-state index is 0.0102. The number of allylic oxidation sites excluding steroid dienone is 1. The monoisotopic (exact) mass is 674 g/mol. The molecule has 0 saturated heterocycles. The second-order valence-electron chi connectivity index (χ2n) is 9.45. The highest BCUT2D eigenvalue weighted by Gasteiger charge is 2.45. The average Bonchev–Trinajstić information content (AvgIpc) is 3.31. The fourth-order valence-corrected chi connectivity index (χ4v) is 5.69. The van der Waals surface area contributed by atoms with Gasteiger partial charge >= 0.3 is 17.8 Å². The van der Waals surface area contributed by atoms with Crippen molar-refractivity contribution in [2.24, 2.45) is 4.99 Å². The molecule has 12 nitrogen and oxygen atoms in total. The third-order valence-corrected chi connectivity index (χ3v) is 7.77. The van der Waals surface area contributed by atoms with Crippen LogP contribution in [0.1, 0.15) is 24.1 Å². The highest BCUT2D eigenvalue weighted by molar-refractivity contribution is 7.07. The largest absolute Gasteiger partial charge is 0.463 e. The van der Waals surface area contributed by atoms with Crippen molar-refractivity contribution in [3.8, 4) is 11.5 Å². The highest BCUT2D eigenvalue weighted by atomic mass is 35.5. The fourth-order valence-electron chi connectivity index (χ4n) is 4.56. The zero-order valence-electron chi connectivity index (χ0n) is 23.2. The summed E-state index contributed by atoms with van der Waals surface area (Å²) in [6.07, 6.45) is -3.67. The summed E-state index contributed by atoms with van der Waals surface area (Å²) >= 11 is 6.66. The number of hydrogen-bond donors (Lipinski definition) is 0. The van der Waals surface area contributed by atoms with E-state index in [2.05, 4.69) is 4.99 Å². The van der Waals surface area contributed by atoms with Crippen LogP contribution >= 0.6 is 22.9 Å². The number of non-ortho nitro benzene ring substituents is 1. The molecule has 0 radical (unpaired) electrons. The summed E-state index contributed by atoms with van der Waals surface area (Å²) in [5, 5.41) is 22.7. The van der Waals surface area contributed by atoms with Crippen LogP contribution in [-0.2, 0) is 9.53 Å². The van der Waals surface area contributed by atoms with Gasteiger partial charge in [-0.05, 0) is 54.5 Å². The predicted molar refractivity (Wildman–Crippen MR) is 158 cm³/mol. The van der Waals surface area contributed by atoms with Crippen LogP contribution in [0.3, 0.4) is 0 Å². The van der Waals surface area contributed by atoms with E-state index < -0.39 is 56.2 Å². The van der Waals surface area contributed by atoms with Gasteiger partial charge in [0.2, 0.25) is 5.75 Å². The van der Waals surface area contributed by atoms with E-state index in [1.54, 1.807) is 0 Å². The molecule has 1 atom stereocenters. The smallest absolute Gasteiger partial charge is 0.434 e. The average molecular weight is 675 g/mol. The predicted octanol–water partition coefficient (Wildman–Crippen LogP) is 5.60. The molecule has 17 heteroatoms. The van der Waals surface area contributed by atoms with E-state index in [9.17, 15) is 43.0 Å². The molecule has 0 aliphatic carbocycles. The lowest BCUT2D eigenvalue weighted by Gasteiger charge is -2.26. The summed E-state index contributed by atoms with van der Waals surface area (Å²) in [4.78, 5) is 50.8. The molecule has 5 rings (SSSR count). The van der Waals surface area contributed by atoms with Crippen molar-refractivity contribution in [3.63, 3.8) is 0 Å². The molecule has 0 unspecified atom stereocenters. The number of aromatic nitrogens is 1. The molecular formula is C29H18ClF3N4O8S. The van der Waals surface area contributed by atoms with E-state index in [4.69, 9.17) is 21.1 Å². The number of carbonyl (C=O) groups excluding carboxylic acids is 1. The van der Waals surface area contributed by atoms with Gasteiger partial charge in [0.1, 0.15) is 5.75 Å². The van der Waals surface area contributed by atoms with Gasteiger partial charge in [-0.2, -0.15) is 13.2 Å². The molecule has 0 spiro atoms. The molecule has 236 valence electrons. The molecule has 0 N–H and O–H groups in total. The van der Waals surface area contributed by atoms with Crippen molar-refractivity contribution < 1.29 is 37.3 Å². The number of halogens is 4. The van der Waals surface area contributed by atoms with Crippen molar-refractivity contribution in [1.29, 1.82) is 0 Å². The van der Waals surface area contributed by atoms with E-state index in [0.717, 1.165) is 22.8 Å². The number of nitro benzene ring substituents is 2. The molecule has 0 saturated carbocycles. The summed E-state index contributed by atoms with van der Waals surface area (Å²) in [5.41, 5.74) is -3.62. The zero-order valence-corrected chi connectivity index (χ0v) is 24.8. The Morgan fingerprint density at radius 2 is 1.74 bits per heavy atom. The summed E-state index contributed by atoms with van der Waals surface area (Å²) in [7, 11) is 0. The first-order valence-electron chi connectivity index (χ1n) is 13.0. The van der Waals surface area contributed by atoms with E-state index in [0.29, 0.717) is 16.9 Å². The van der Waals surface area contributed by atoms with Crippen molar-refractivity contribution in [3.05, 3.63) is 134 Å². The van der Waals surface area contributed by atoms with E-state index in [1.165, 1.54) is 61.5 Å². The lowest BCUT2D eigenvalue weighted by molar-refractivity contribution is -0.394. The van der Waals surface area contributed by atoms with Crippen LogP contribution in [0.25, 0.3) is 6.08 Å². The van der Waals surface area contributed by atoms with Gasteiger partial charge in [-0.1, -0.05) is 47.2 Å². The Bertz CT molecular complexity index is 2090. The quantitative estimate of drug-likeness (QED) is 0.133. The van der Waals surface area contributed by atoms with Crippen molar-refractivity contribution in [1.82, 2.24) is 4.57 Å². The number of rotatable bonds is 8. The maximum absolute atomic E-state index is 14.3. The molecule has 3 aromatic carbocycles. The molecule has 4 aromatic rings. The number of nitro groups is 2. The topological polar surface area (TPSA) is 156 Å². The third-order valence-electron chi connectivity index (χ3n) is 6.54. The van der Waals surface area contributed by atoms with Gasteiger partial charge in [-0.25, -0.2) is 9.79 Å². The molecule has 46 heavy (non-hydrogen) atoms. The Labute approximate surface area is 264 Å². The Morgan fingerprint density at radius 1 is 1.07 bits per heavy atom. The second-order valence-corrected chi connectivity index (χ2v) is 10.9. The summed E-state index contributed by atoms with van der Waals surface area (Å²) in [5.74, 6) is -1.42. The number of fused-ring (bicyclic) bond motifs is 1. The molecule has 0 fully saturated rings. The molecule has 2 heterocycles. The van der Waals surface area contributed by atoms with Crippen LogP contribution in [0.2, 0.25) is 5.02 Å². The van der Waals surface area contributed by atoms with Crippen LogP contribution in [0, 0.1) is 20.2 Å². The molecular weight excluding hydrogens is 657 g/mol. The number of thiazole rings is 1. The Kier molecular flexibility index (Phi) is 8.76. The van der Waals surface area contributed by atoms with Gasteiger partial charge in [0, 0.05) is 11.1 Å². The lowest BCUT2D eigenvalue weighted by atomic mass is 9.95. The van der Waals surface area contributed by atoms with Crippen molar-refractivity contribution in [2.45, 2.75) is 19.1 Å². The third kappa shape index (κ3) is 6.38. The zero-order chi connectivity index (χ0) is 33.3. The minimum Gasteiger partial charge on any atom is -0.463 e. The van der Waals surface area contributed by atoms with Gasteiger partial charge in [-0.3, -0.25) is 29.6 Å². The molecule has 1 aliphatic heterocycles. The number of esters is 1. The van der Waals surface area contributed by atoms with E-state index >= 15 is 0 Å². The van der Waals surface area contributed by atoms with Crippen molar-refractivity contribution in [2.75, 3.05) is 6.61 Å². The molecule has 1 aliphatic rings. The SMILES string of the molecule is CCOC(=O)C1=C(C(F)(F)F)N=c2s/c(=C\c3ccc(Oc4ccc([N+](=O)[O-])cc4[N+](=O)[O-])cc3)c(=O)n2[C@H]1c1ccc(Cl)cc1. The normalized spacial score (nSPS) is 14.8. The number of nitrogens with zero attached hydrogens (tertiary/aromatic N) is 4. The Balaban J connectivity index is 1.58. The number of benzene rings is 3. The van der Waals surface area contributed by atoms with Crippen LogP contribution in [0.15, 0.2) is 87.8 Å². The molecule has 1 aromatic heterocycles. The first-order valence-corrected chi connectivity index (χ1v) is 14.2. The van der Waals surface area contributed by atoms with Gasteiger partial charge in [-0.15, -0.1) is 0 Å². The van der Waals surface area contributed by atoms with Gasteiger partial charge < -0.3 is 9.47 Å². The van der Waals surface area contributed by atoms with Gasteiger partial charge in [0.05, 0.1) is 38.7 Å². The van der Waals surface area contributed by atoms with E-state index in [1.807, 2.05) is 0 Å². The first kappa shape index (κ1) is 32.1. The fraction of sp³-hybridized carbons (Fsp3) is 0.138. The number of carbonyl (C=O) groups is 1. The van der Waals surface area contributed by atoms with Crippen LogP contribution < -0.4 is 19.6 Å². The van der Waals surface area contributed by atoms with Gasteiger partial charge in [0.15, 0.2) is 10.5 Å². The van der Waals surface area contributed by atoms with Crippen LogP contribution in [-0.4, -0.2) is 33.2 Å². The second kappa shape index (κ2) is 12.6. The Morgan fingerprint density at radius 3 is 2.33 bits per heavy atom. The maximum atomic E-state index is 14.3. The number of alkyl halides is 3. The van der Waals surface area contributed by atoms with Crippen LogP contribution in [0.5, 0.6) is 11.5 Å². The van der Waals surface area contributed by atoms with Crippen molar-refractivity contribution >= 4 is 46.4 Å². The standard InChI is InChI=1S/C29H18ClF3N4O8S/c1-2-44-27(39)23-24(16-5-7-17(30)8-6-16)35-26(38)22(46-28(35)34-25(23)29(31,32)33)13-15-3-10-19(11-4-15)45-21-12-9-18(36(40)41)14-20(21)37(42)43/h3-14,24H,2H2,1H3/b22-13-/t24-/m0/s1. The molecule has 0 bridgehead atoms. The summed E-state index contributed by atoms with van der Waals surface area (Å²) in [6, 6.07) is 12.8. The highest BCUT2D eigenvalue weighted by Crippen LogP contribution is 2.39. The maximum Gasteiger partial charge on any atom is 0.434 e. The number of ether oxygens (including phenoxy) is 2. The first-order chi connectivity index (χ1) is 21.8. The Hall–Kier alpha value is -5.35. The lowest BCUT2D eigenvalue weighted by Crippen LogP contribution is -2.41.